The van der Waals surface area contributed by atoms with Gasteiger partial charge < -0.3 is 10.6 Å². The van der Waals surface area contributed by atoms with Crippen LogP contribution in [-0.4, -0.2) is 34.7 Å². The zero-order valence-electron chi connectivity index (χ0n) is 10.6. The molecule has 19 heavy (non-hydrogen) atoms. The lowest BCUT2D eigenvalue weighted by Gasteiger charge is -2.05. The van der Waals surface area contributed by atoms with E-state index in [0.717, 1.165) is 13.0 Å². The molecule has 0 atom stereocenters. The summed E-state index contributed by atoms with van der Waals surface area (Å²) in [6.07, 6.45) is 4.42. The van der Waals surface area contributed by atoms with Crippen LogP contribution in [0.25, 0.3) is 0 Å². The third-order valence-corrected chi connectivity index (χ3v) is 2.59. The van der Waals surface area contributed by atoms with Gasteiger partial charge >= 0.3 is 0 Å². The van der Waals surface area contributed by atoms with E-state index < -0.39 is 0 Å². The van der Waals surface area contributed by atoms with Gasteiger partial charge in [0.1, 0.15) is 5.82 Å². The van der Waals surface area contributed by atoms with E-state index in [0.29, 0.717) is 11.5 Å². The van der Waals surface area contributed by atoms with Crippen molar-refractivity contribution in [3.05, 3.63) is 47.9 Å². The van der Waals surface area contributed by atoms with Gasteiger partial charge in [-0.2, -0.15) is 0 Å². The van der Waals surface area contributed by atoms with Crippen LogP contribution in [0.3, 0.4) is 0 Å². The normalized spacial score (nSPS) is 9.95. The highest BCUT2D eigenvalue weighted by Gasteiger charge is 2.04. The van der Waals surface area contributed by atoms with Crippen molar-refractivity contribution in [2.75, 3.05) is 18.9 Å². The lowest BCUT2D eigenvalue weighted by Crippen LogP contribution is -2.20. The number of pyridine rings is 1. The van der Waals surface area contributed by atoms with Crippen LogP contribution in [-0.2, 0) is 6.42 Å². The molecule has 0 fully saturated rings. The molecule has 0 aliphatic rings. The smallest absolute Gasteiger partial charge is 0.271 e. The van der Waals surface area contributed by atoms with E-state index in [2.05, 4.69) is 25.8 Å². The molecule has 6 nitrogen and oxygen atoms in total. The summed E-state index contributed by atoms with van der Waals surface area (Å²) in [5.41, 5.74) is 1.51. The van der Waals surface area contributed by atoms with Crippen molar-refractivity contribution in [1.82, 2.24) is 20.5 Å². The summed E-state index contributed by atoms with van der Waals surface area (Å²) < 4.78 is 0. The number of carbonyl (C=O) groups excluding carboxylic acids is 1. The Morgan fingerprint density at radius 2 is 1.95 bits per heavy atom. The topological polar surface area (TPSA) is 79.8 Å². The molecule has 98 valence electrons. The highest BCUT2D eigenvalue weighted by atomic mass is 16.1. The second-order valence-corrected chi connectivity index (χ2v) is 3.92. The molecule has 1 amide bonds. The van der Waals surface area contributed by atoms with E-state index in [1.165, 1.54) is 5.56 Å². The minimum atomic E-state index is -0.240. The molecule has 0 bridgehead atoms. The largest absolute Gasteiger partial charge is 0.368 e. The summed E-state index contributed by atoms with van der Waals surface area (Å²) in [4.78, 5) is 15.2. The van der Waals surface area contributed by atoms with Crippen molar-refractivity contribution in [2.24, 2.45) is 0 Å². The zero-order valence-corrected chi connectivity index (χ0v) is 10.6. The molecule has 2 aromatic rings. The predicted molar refractivity (Wildman–Crippen MR) is 71.9 cm³/mol. The summed E-state index contributed by atoms with van der Waals surface area (Å²) in [5.74, 6) is 0.414. The molecule has 0 radical (unpaired) electrons. The molecular weight excluding hydrogens is 242 g/mol. The molecule has 0 spiro atoms. The second-order valence-electron chi connectivity index (χ2n) is 3.92. The van der Waals surface area contributed by atoms with Gasteiger partial charge in [0, 0.05) is 26.0 Å². The van der Waals surface area contributed by atoms with Gasteiger partial charge in [0.05, 0.1) is 0 Å². The molecule has 0 aromatic carbocycles. The molecule has 2 heterocycles. The quantitative estimate of drug-likeness (QED) is 0.831. The fourth-order valence-corrected chi connectivity index (χ4v) is 1.56. The van der Waals surface area contributed by atoms with Crippen LogP contribution in [0.2, 0.25) is 0 Å². The first-order valence-electron chi connectivity index (χ1n) is 5.98. The molecular formula is C13H15N5O. The van der Waals surface area contributed by atoms with Gasteiger partial charge in [-0.05, 0) is 36.2 Å². The molecule has 0 saturated carbocycles. The van der Waals surface area contributed by atoms with E-state index in [9.17, 15) is 4.79 Å². The van der Waals surface area contributed by atoms with Crippen molar-refractivity contribution in [3.63, 3.8) is 0 Å². The Hall–Kier alpha value is -2.50. The van der Waals surface area contributed by atoms with E-state index in [1.807, 2.05) is 12.1 Å². The second kappa shape index (κ2) is 6.44. The average Bonchev–Trinajstić information content (AvgIpc) is 2.48. The molecule has 0 saturated heterocycles. The SMILES string of the molecule is CNC(=O)c1ccc(NCCc2ccncc2)nn1. The van der Waals surface area contributed by atoms with Gasteiger partial charge in [0.15, 0.2) is 5.69 Å². The molecule has 0 aliphatic carbocycles. The highest BCUT2D eigenvalue weighted by molar-refractivity contribution is 5.91. The van der Waals surface area contributed by atoms with Crippen LogP contribution in [0.4, 0.5) is 5.82 Å². The number of hydrogen-bond acceptors (Lipinski definition) is 5. The number of carbonyl (C=O) groups is 1. The molecule has 2 aromatic heterocycles. The van der Waals surface area contributed by atoms with Crippen LogP contribution in [0, 0.1) is 0 Å². The van der Waals surface area contributed by atoms with Crippen LogP contribution in [0.15, 0.2) is 36.7 Å². The molecule has 6 heteroatoms. The minimum absolute atomic E-state index is 0.240. The summed E-state index contributed by atoms with van der Waals surface area (Å²) in [5, 5.41) is 13.4. The Balaban J connectivity index is 1.85. The van der Waals surface area contributed by atoms with E-state index in [-0.39, 0.29) is 5.91 Å². The summed E-state index contributed by atoms with van der Waals surface area (Å²) in [7, 11) is 1.56. The maximum absolute atomic E-state index is 11.3. The van der Waals surface area contributed by atoms with Crippen molar-refractivity contribution >= 4 is 11.7 Å². The van der Waals surface area contributed by atoms with Crippen molar-refractivity contribution < 1.29 is 4.79 Å². The number of anilines is 1. The zero-order chi connectivity index (χ0) is 13.5. The third-order valence-electron chi connectivity index (χ3n) is 2.59. The van der Waals surface area contributed by atoms with E-state index in [1.54, 1.807) is 31.6 Å². The number of rotatable bonds is 5. The summed E-state index contributed by atoms with van der Waals surface area (Å²) in [6, 6.07) is 7.33. The van der Waals surface area contributed by atoms with E-state index in [4.69, 9.17) is 0 Å². The van der Waals surface area contributed by atoms with Gasteiger partial charge in [-0.15, -0.1) is 10.2 Å². The molecule has 2 N–H and O–H groups in total. The first-order valence-corrected chi connectivity index (χ1v) is 5.98. The van der Waals surface area contributed by atoms with Gasteiger partial charge in [-0.25, -0.2) is 0 Å². The number of amides is 1. The van der Waals surface area contributed by atoms with Crippen molar-refractivity contribution in [1.29, 1.82) is 0 Å². The first-order chi connectivity index (χ1) is 9.29. The first kappa shape index (κ1) is 12.9. The molecule has 0 unspecified atom stereocenters. The molecule has 2 rings (SSSR count). The minimum Gasteiger partial charge on any atom is -0.368 e. The fraction of sp³-hybridized carbons (Fsp3) is 0.231. The van der Waals surface area contributed by atoms with Crippen LogP contribution >= 0.6 is 0 Å². The van der Waals surface area contributed by atoms with Gasteiger partial charge in [0.2, 0.25) is 0 Å². The van der Waals surface area contributed by atoms with Crippen LogP contribution in [0.5, 0.6) is 0 Å². The van der Waals surface area contributed by atoms with Crippen molar-refractivity contribution in [2.45, 2.75) is 6.42 Å². The Kier molecular flexibility index (Phi) is 4.39. The van der Waals surface area contributed by atoms with Crippen molar-refractivity contribution in [3.8, 4) is 0 Å². The lowest BCUT2D eigenvalue weighted by atomic mass is 10.2. The maximum Gasteiger partial charge on any atom is 0.271 e. The predicted octanol–water partition coefficient (Wildman–Crippen LogP) is 0.886. The van der Waals surface area contributed by atoms with Gasteiger partial charge in [-0.1, -0.05) is 0 Å². The lowest BCUT2D eigenvalue weighted by molar-refractivity contribution is 0.0957. The Morgan fingerprint density at radius 1 is 1.16 bits per heavy atom. The van der Waals surface area contributed by atoms with Crippen LogP contribution < -0.4 is 10.6 Å². The van der Waals surface area contributed by atoms with Gasteiger partial charge in [0.25, 0.3) is 5.91 Å². The van der Waals surface area contributed by atoms with Gasteiger partial charge in [-0.3, -0.25) is 9.78 Å². The average molecular weight is 257 g/mol. The number of aromatic nitrogens is 3. The van der Waals surface area contributed by atoms with E-state index >= 15 is 0 Å². The number of hydrogen-bond donors (Lipinski definition) is 2. The fourth-order valence-electron chi connectivity index (χ4n) is 1.56. The monoisotopic (exact) mass is 257 g/mol. The Bertz CT molecular complexity index is 526. The Morgan fingerprint density at radius 3 is 2.58 bits per heavy atom. The highest BCUT2D eigenvalue weighted by Crippen LogP contribution is 2.03. The maximum atomic E-state index is 11.3. The standard InChI is InChI=1S/C13H15N5O/c1-14-13(19)11-2-3-12(18-17-11)16-9-6-10-4-7-15-8-5-10/h2-5,7-8H,6,9H2,1H3,(H,14,19)(H,16,18). The Labute approximate surface area is 111 Å². The summed E-state index contributed by atoms with van der Waals surface area (Å²) in [6.45, 7) is 0.748. The number of nitrogens with zero attached hydrogens (tertiary/aromatic N) is 3. The van der Waals surface area contributed by atoms with Crippen LogP contribution in [0.1, 0.15) is 16.1 Å². The summed E-state index contributed by atoms with van der Waals surface area (Å²) >= 11 is 0. The third kappa shape index (κ3) is 3.74. The number of nitrogens with one attached hydrogen (secondary N) is 2. The molecule has 0 aliphatic heterocycles.